The highest BCUT2D eigenvalue weighted by molar-refractivity contribution is 7.92. The first-order valence-corrected chi connectivity index (χ1v) is 9.76. The molecular formula is C18H16F2N2O3S. The molecule has 0 spiro atoms. The maximum Gasteiger partial charge on any atom is 0.261 e. The standard InChI is InChI=1S/C18H16F2N2O3S/c19-15-5-3-13(10-16(15)20)21-26(24,25)14-4-6-17-12(9-14)7-8-22(17)18(23)11-1-2-11/h3-6,9-11,21H,1-2,7-8H2. The zero-order chi connectivity index (χ0) is 18.5. The molecule has 1 aliphatic heterocycles. The van der Waals surface area contributed by atoms with Crippen LogP contribution in [0.25, 0.3) is 0 Å². The normalized spacial score (nSPS) is 16.5. The number of carbonyl (C=O) groups excluding carboxylic acids is 1. The third kappa shape index (κ3) is 3.05. The third-order valence-electron chi connectivity index (χ3n) is 4.62. The Hall–Kier alpha value is -2.48. The molecule has 1 N–H and O–H groups in total. The number of halogens is 2. The molecule has 136 valence electrons. The van der Waals surface area contributed by atoms with Crippen LogP contribution in [0.4, 0.5) is 20.2 Å². The summed E-state index contributed by atoms with van der Waals surface area (Å²) < 4.78 is 53.5. The Morgan fingerprint density at radius 1 is 1.08 bits per heavy atom. The van der Waals surface area contributed by atoms with E-state index in [0.717, 1.165) is 42.3 Å². The van der Waals surface area contributed by atoms with Gasteiger partial charge < -0.3 is 4.90 Å². The first kappa shape index (κ1) is 17.0. The Morgan fingerprint density at radius 3 is 2.54 bits per heavy atom. The first-order chi connectivity index (χ1) is 12.3. The second kappa shape index (κ2) is 6.05. The Morgan fingerprint density at radius 2 is 1.85 bits per heavy atom. The van der Waals surface area contributed by atoms with E-state index in [-0.39, 0.29) is 22.4 Å². The largest absolute Gasteiger partial charge is 0.312 e. The minimum Gasteiger partial charge on any atom is -0.312 e. The molecule has 0 unspecified atom stereocenters. The molecular weight excluding hydrogens is 362 g/mol. The molecule has 1 saturated carbocycles. The van der Waals surface area contributed by atoms with Crippen LogP contribution < -0.4 is 9.62 Å². The van der Waals surface area contributed by atoms with E-state index >= 15 is 0 Å². The van der Waals surface area contributed by atoms with Gasteiger partial charge in [0.2, 0.25) is 5.91 Å². The molecule has 2 aromatic rings. The van der Waals surface area contributed by atoms with Crippen molar-refractivity contribution in [3.8, 4) is 0 Å². The SMILES string of the molecule is O=C(C1CC1)N1CCc2cc(S(=O)(=O)Nc3ccc(F)c(F)c3)ccc21. The Bertz CT molecular complexity index is 1000. The molecule has 4 rings (SSSR count). The van der Waals surface area contributed by atoms with Gasteiger partial charge in [0.1, 0.15) is 0 Å². The van der Waals surface area contributed by atoms with E-state index in [0.29, 0.717) is 13.0 Å². The molecule has 0 atom stereocenters. The summed E-state index contributed by atoms with van der Waals surface area (Å²) in [7, 11) is -3.95. The van der Waals surface area contributed by atoms with E-state index in [2.05, 4.69) is 4.72 Å². The summed E-state index contributed by atoms with van der Waals surface area (Å²) in [5, 5.41) is 0. The van der Waals surface area contributed by atoms with Crippen molar-refractivity contribution >= 4 is 27.3 Å². The highest BCUT2D eigenvalue weighted by Crippen LogP contribution is 2.37. The van der Waals surface area contributed by atoms with Gasteiger partial charge in [-0.05, 0) is 55.2 Å². The molecule has 5 nitrogen and oxygen atoms in total. The number of hydrogen-bond donors (Lipinski definition) is 1. The van der Waals surface area contributed by atoms with E-state index in [4.69, 9.17) is 0 Å². The molecule has 0 bridgehead atoms. The Kier molecular flexibility index (Phi) is 3.95. The van der Waals surface area contributed by atoms with Crippen LogP contribution in [0.2, 0.25) is 0 Å². The number of carbonyl (C=O) groups is 1. The van der Waals surface area contributed by atoms with Crippen LogP contribution in [-0.2, 0) is 21.2 Å². The number of anilines is 2. The molecule has 8 heteroatoms. The highest BCUT2D eigenvalue weighted by Gasteiger charge is 2.36. The first-order valence-electron chi connectivity index (χ1n) is 8.27. The topological polar surface area (TPSA) is 66.5 Å². The van der Waals surface area contributed by atoms with Gasteiger partial charge in [-0.3, -0.25) is 9.52 Å². The van der Waals surface area contributed by atoms with Crippen LogP contribution in [0.1, 0.15) is 18.4 Å². The number of sulfonamides is 1. The minimum absolute atomic E-state index is 0.0155. The van der Waals surface area contributed by atoms with Gasteiger partial charge in [0.25, 0.3) is 10.0 Å². The number of hydrogen-bond acceptors (Lipinski definition) is 3. The van der Waals surface area contributed by atoms with Crippen molar-refractivity contribution in [2.24, 2.45) is 5.92 Å². The molecule has 0 radical (unpaired) electrons. The van der Waals surface area contributed by atoms with Gasteiger partial charge in [-0.15, -0.1) is 0 Å². The van der Waals surface area contributed by atoms with Gasteiger partial charge in [0.05, 0.1) is 10.6 Å². The lowest BCUT2D eigenvalue weighted by atomic mass is 10.2. The lowest BCUT2D eigenvalue weighted by molar-refractivity contribution is -0.119. The number of nitrogens with zero attached hydrogens (tertiary/aromatic N) is 1. The summed E-state index contributed by atoms with van der Waals surface area (Å²) >= 11 is 0. The fourth-order valence-electron chi connectivity index (χ4n) is 3.10. The number of amides is 1. The fourth-order valence-corrected chi connectivity index (χ4v) is 4.20. The van der Waals surface area contributed by atoms with Crippen molar-refractivity contribution in [2.45, 2.75) is 24.2 Å². The number of benzene rings is 2. The maximum atomic E-state index is 13.3. The summed E-state index contributed by atoms with van der Waals surface area (Å²) in [6, 6.07) is 7.37. The Labute approximate surface area is 149 Å². The second-order valence-corrected chi connectivity index (χ2v) is 8.22. The zero-order valence-electron chi connectivity index (χ0n) is 13.7. The zero-order valence-corrected chi connectivity index (χ0v) is 14.5. The van der Waals surface area contributed by atoms with Crippen molar-refractivity contribution < 1.29 is 22.0 Å². The molecule has 2 aliphatic rings. The monoisotopic (exact) mass is 378 g/mol. The van der Waals surface area contributed by atoms with Crippen molar-refractivity contribution in [3.63, 3.8) is 0 Å². The van der Waals surface area contributed by atoms with Crippen LogP contribution in [0.15, 0.2) is 41.3 Å². The van der Waals surface area contributed by atoms with Gasteiger partial charge in [-0.1, -0.05) is 0 Å². The molecule has 0 aromatic heterocycles. The second-order valence-electron chi connectivity index (χ2n) is 6.54. The molecule has 1 heterocycles. The maximum absolute atomic E-state index is 13.3. The molecule has 1 aliphatic carbocycles. The van der Waals surface area contributed by atoms with E-state index in [1.165, 1.54) is 12.1 Å². The summed E-state index contributed by atoms with van der Waals surface area (Å²) in [5.74, 6) is -1.99. The summed E-state index contributed by atoms with van der Waals surface area (Å²) in [6.45, 7) is 0.546. The lowest BCUT2D eigenvalue weighted by Gasteiger charge is -2.17. The van der Waals surface area contributed by atoms with Crippen LogP contribution in [0, 0.1) is 17.6 Å². The summed E-state index contributed by atoms with van der Waals surface area (Å²) in [6.07, 6.45) is 2.41. The van der Waals surface area contributed by atoms with E-state index in [1.807, 2.05) is 0 Å². The fraction of sp³-hybridized carbons (Fsp3) is 0.278. The Balaban J connectivity index is 1.59. The smallest absolute Gasteiger partial charge is 0.261 e. The summed E-state index contributed by atoms with van der Waals surface area (Å²) in [4.78, 5) is 14.0. The molecule has 1 fully saturated rings. The molecule has 2 aromatic carbocycles. The molecule has 1 amide bonds. The van der Waals surface area contributed by atoms with Crippen molar-refractivity contribution in [1.29, 1.82) is 0 Å². The number of rotatable bonds is 4. The molecule has 26 heavy (non-hydrogen) atoms. The highest BCUT2D eigenvalue weighted by atomic mass is 32.2. The van der Waals surface area contributed by atoms with E-state index in [9.17, 15) is 22.0 Å². The van der Waals surface area contributed by atoms with Gasteiger partial charge >= 0.3 is 0 Å². The minimum atomic E-state index is -3.95. The average molecular weight is 378 g/mol. The van der Waals surface area contributed by atoms with Crippen molar-refractivity contribution in [1.82, 2.24) is 0 Å². The van der Waals surface area contributed by atoms with Gasteiger partial charge in [-0.25, -0.2) is 17.2 Å². The van der Waals surface area contributed by atoms with Gasteiger partial charge in [-0.2, -0.15) is 0 Å². The van der Waals surface area contributed by atoms with E-state index < -0.39 is 21.7 Å². The van der Waals surface area contributed by atoms with Gasteiger partial charge in [0.15, 0.2) is 11.6 Å². The predicted molar refractivity (Wildman–Crippen MR) is 92.4 cm³/mol. The van der Waals surface area contributed by atoms with Crippen LogP contribution >= 0.6 is 0 Å². The van der Waals surface area contributed by atoms with Crippen LogP contribution in [-0.4, -0.2) is 20.9 Å². The average Bonchev–Trinajstić information content (AvgIpc) is 3.36. The number of fused-ring (bicyclic) bond motifs is 1. The predicted octanol–water partition coefficient (Wildman–Crippen LogP) is 3.06. The quantitative estimate of drug-likeness (QED) is 0.889. The van der Waals surface area contributed by atoms with Crippen LogP contribution in [0.3, 0.4) is 0 Å². The molecule has 0 saturated heterocycles. The van der Waals surface area contributed by atoms with E-state index in [1.54, 1.807) is 11.0 Å². The van der Waals surface area contributed by atoms with Crippen molar-refractivity contribution in [2.75, 3.05) is 16.2 Å². The van der Waals surface area contributed by atoms with Gasteiger partial charge in [0, 0.05) is 24.2 Å². The summed E-state index contributed by atoms with van der Waals surface area (Å²) in [5.41, 5.74) is 1.47. The van der Waals surface area contributed by atoms with Crippen LogP contribution in [0.5, 0.6) is 0 Å². The third-order valence-corrected chi connectivity index (χ3v) is 6.00. The lowest BCUT2D eigenvalue weighted by Crippen LogP contribution is -2.30. The van der Waals surface area contributed by atoms with Crippen molar-refractivity contribution in [3.05, 3.63) is 53.6 Å². The number of nitrogens with one attached hydrogen (secondary N) is 1.